The molecular formula is C18H19N5NaO2+. The Morgan fingerprint density at radius 3 is 2.85 bits per heavy atom. The molecule has 0 bridgehead atoms. The van der Waals surface area contributed by atoms with Crippen LogP contribution in [0.15, 0.2) is 18.5 Å². The van der Waals surface area contributed by atoms with Gasteiger partial charge in [-0.3, -0.25) is 4.79 Å². The second-order valence-corrected chi connectivity index (χ2v) is 6.74. The molecule has 0 radical (unpaired) electrons. The topological polar surface area (TPSA) is 108 Å². The van der Waals surface area contributed by atoms with Crippen molar-refractivity contribution in [1.82, 2.24) is 19.5 Å². The average Bonchev–Trinajstić information content (AvgIpc) is 3.19. The van der Waals surface area contributed by atoms with Gasteiger partial charge in [0.05, 0.1) is 17.8 Å². The molecule has 0 amide bonds. The first kappa shape index (κ1) is 18.9. The molecule has 1 aliphatic rings. The van der Waals surface area contributed by atoms with Crippen LogP contribution >= 0.6 is 0 Å². The van der Waals surface area contributed by atoms with Gasteiger partial charge in [-0.25, -0.2) is 9.97 Å². The van der Waals surface area contributed by atoms with Gasteiger partial charge in [0.15, 0.2) is 0 Å². The number of carbonyl (C=O) groups is 1. The van der Waals surface area contributed by atoms with E-state index in [4.69, 9.17) is 5.26 Å². The second-order valence-electron chi connectivity index (χ2n) is 6.74. The number of hydrogen-bond acceptors (Lipinski definition) is 4. The summed E-state index contributed by atoms with van der Waals surface area (Å²) in [4.78, 5) is 23.4. The van der Waals surface area contributed by atoms with Gasteiger partial charge >= 0.3 is 35.5 Å². The third-order valence-electron chi connectivity index (χ3n) is 5.18. The Hall–Kier alpha value is -1.88. The molecule has 1 saturated carbocycles. The van der Waals surface area contributed by atoms with Crippen molar-refractivity contribution in [3.8, 4) is 6.07 Å². The maximum atomic E-state index is 11.3. The van der Waals surface area contributed by atoms with Crippen molar-refractivity contribution in [2.75, 3.05) is 0 Å². The minimum Gasteiger partial charge on any atom is -0.481 e. The second kappa shape index (κ2) is 7.78. The largest absolute Gasteiger partial charge is 1.00 e. The molecule has 3 aromatic rings. The molecule has 0 spiro atoms. The number of hydrogen-bond donors (Lipinski definition) is 2. The van der Waals surface area contributed by atoms with Crippen molar-refractivity contribution >= 4 is 28.0 Å². The summed E-state index contributed by atoms with van der Waals surface area (Å²) in [7, 11) is 0. The molecule has 26 heavy (non-hydrogen) atoms. The van der Waals surface area contributed by atoms with E-state index < -0.39 is 5.97 Å². The van der Waals surface area contributed by atoms with Gasteiger partial charge in [-0.1, -0.05) is 0 Å². The number of imidazole rings is 1. The summed E-state index contributed by atoms with van der Waals surface area (Å²) < 4.78 is 2.11. The molecule has 0 unspecified atom stereocenters. The molecule has 0 aliphatic heterocycles. The number of H-pyrrole nitrogens is 1. The molecule has 0 atom stereocenters. The van der Waals surface area contributed by atoms with E-state index in [-0.39, 0.29) is 42.0 Å². The van der Waals surface area contributed by atoms with Gasteiger partial charge in [-0.15, -0.1) is 0 Å². The quantitative estimate of drug-likeness (QED) is 0.646. The predicted molar refractivity (Wildman–Crippen MR) is 91.9 cm³/mol. The van der Waals surface area contributed by atoms with Gasteiger partial charge in [-0.2, -0.15) is 5.26 Å². The van der Waals surface area contributed by atoms with E-state index >= 15 is 0 Å². The zero-order valence-electron chi connectivity index (χ0n) is 14.8. The predicted octanol–water partition coefficient (Wildman–Crippen LogP) is 0.189. The monoisotopic (exact) mass is 360 g/mol. The average molecular weight is 360 g/mol. The van der Waals surface area contributed by atoms with Gasteiger partial charge in [0.2, 0.25) is 0 Å². The Bertz CT molecular complexity index is 979. The fourth-order valence-electron chi connectivity index (χ4n) is 4.03. The summed E-state index contributed by atoms with van der Waals surface area (Å²) >= 11 is 0. The van der Waals surface area contributed by atoms with E-state index in [1.165, 1.54) is 0 Å². The summed E-state index contributed by atoms with van der Waals surface area (Å²) in [6.07, 6.45) is 7.92. The summed E-state index contributed by atoms with van der Waals surface area (Å²) in [6, 6.07) is 4.45. The summed E-state index contributed by atoms with van der Waals surface area (Å²) in [5.41, 5.74) is 2.49. The van der Waals surface area contributed by atoms with E-state index in [9.17, 15) is 9.90 Å². The van der Waals surface area contributed by atoms with Crippen LogP contribution in [0.1, 0.15) is 44.0 Å². The van der Waals surface area contributed by atoms with Crippen molar-refractivity contribution < 1.29 is 39.5 Å². The number of carboxylic acid groups (broad SMARTS) is 1. The molecule has 4 rings (SSSR count). The first-order valence-electron chi connectivity index (χ1n) is 8.59. The van der Waals surface area contributed by atoms with Crippen molar-refractivity contribution in [3.05, 3.63) is 24.3 Å². The van der Waals surface area contributed by atoms with Gasteiger partial charge in [-0.05, 0) is 37.7 Å². The number of nitrogens with one attached hydrogen (secondary N) is 1. The standard InChI is InChI=1S/C18H19N5O2.Na/c19-7-5-11-1-3-12(4-2-11)23-15(9-16(24)25)22-14-10-21-18-13(17(14)23)6-8-20-18;/h6,8,10-12H,1-5,9H2,(H,20,21)(H,24,25);/q;+1. The van der Waals surface area contributed by atoms with Crippen LogP contribution in [0.25, 0.3) is 22.1 Å². The van der Waals surface area contributed by atoms with E-state index in [0.29, 0.717) is 18.2 Å². The number of fused-ring (bicyclic) bond motifs is 3. The van der Waals surface area contributed by atoms with E-state index in [1.807, 2.05) is 12.3 Å². The van der Waals surface area contributed by atoms with E-state index in [1.54, 1.807) is 6.20 Å². The fraction of sp³-hybridized carbons (Fsp3) is 0.444. The van der Waals surface area contributed by atoms with Crippen molar-refractivity contribution in [2.45, 2.75) is 44.6 Å². The van der Waals surface area contributed by atoms with Crippen LogP contribution in [-0.2, 0) is 11.2 Å². The maximum absolute atomic E-state index is 11.3. The van der Waals surface area contributed by atoms with Crippen molar-refractivity contribution in [2.24, 2.45) is 5.92 Å². The number of aliphatic carboxylic acids is 1. The first-order valence-corrected chi connectivity index (χ1v) is 8.59. The van der Waals surface area contributed by atoms with Gasteiger partial charge in [0.1, 0.15) is 23.4 Å². The van der Waals surface area contributed by atoms with Crippen molar-refractivity contribution in [3.63, 3.8) is 0 Å². The molecule has 2 N–H and O–H groups in total. The van der Waals surface area contributed by atoms with Crippen LogP contribution in [0.4, 0.5) is 0 Å². The Morgan fingerprint density at radius 1 is 1.38 bits per heavy atom. The Kier molecular flexibility index (Phi) is 5.66. The molecular weight excluding hydrogens is 341 g/mol. The maximum Gasteiger partial charge on any atom is 1.00 e. The summed E-state index contributed by atoms with van der Waals surface area (Å²) in [6.45, 7) is 0. The van der Waals surface area contributed by atoms with Crippen LogP contribution < -0.4 is 29.6 Å². The van der Waals surface area contributed by atoms with Crippen LogP contribution in [0.3, 0.4) is 0 Å². The number of aromatic nitrogens is 4. The molecule has 8 heteroatoms. The Morgan fingerprint density at radius 2 is 2.15 bits per heavy atom. The Labute approximate surface area is 172 Å². The zero-order chi connectivity index (χ0) is 17.4. The van der Waals surface area contributed by atoms with E-state index in [0.717, 1.165) is 47.8 Å². The molecule has 3 aromatic heterocycles. The number of nitrogens with zero attached hydrogens (tertiary/aromatic N) is 4. The van der Waals surface area contributed by atoms with Crippen LogP contribution in [0, 0.1) is 17.2 Å². The molecule has 1 aliphatic carbocycles. The van der Waals surface area contributed by atoms with Crippen LogP contribution in [-0.4, -0.2) is 30.6 Å². The number of pyridine rings is 1. The Balaban J connectivity index is 0.00000196. The summed E-state index contributed by atoms with van der Waals surface area (Å²) in [5.74, 6) is 0.155. The van der Waals surface area contributed by atoms with E-state index in [2.05, 4.69) is 25.6 Å². The van der Waals surface area contributed by atoms with Gasteiger partial charge in [0, 0.05) is 24.0 Å². The molecule has 1 fully saturated rings. The number of rotatable bonds is 4. The number of aromatic amines is 1. The molecule has 7 nitrogen and oxygen atoms in total. The minimum absolute atomic E-state index is 0. The zero-order valence-corrected chi connectivity index (χ0v) is 16.8. The number of carboxylic acids is 1. The minimum atomic E-state index is -0.881. The molecule has 0 saturated heterocycles. The molecule has 0 aromatic carbocycles. The van der Waals surface area contributed by atoms with Crippen LogP contribution in [0.2, 0.25) is 0 Å². The van der Waals surface area contributed by atoms with Gasteiger partial charge in [0.25, 0.3) is 0 Å². The summed E-state index contributed by atoms with van der Waals surface area (Å²) in [5, 5.41) is 19.2. The molecule has 128 valence electrons. The normalized spacial score (nSPS) is 20.0. The SMILES string of the molecule is N#CCC1CCC(n2c(CC(=O)O)nc3cnc4[nH]ccc4c32)CC1.[Na+]. The molecule has 3 heterocycles. The fourth-order valence-corrected chi connectivity index (χ4v) is 4.03. The van der Waals surface area contributed by atoms with Crippen molar-refractivity contribution in [1.29, 1.82) is 5.26 Å². The third kappa shape index (κ3) is 3.37. The number of nitriles is 1. The van der Waals surface area contributed by atoms with Crippen LogP contribution in [0.5, 0.6) is 0 Å². The van der Waals surface area contributed by atoms with Gasteiger partial charge < -0.3 is 14.7 Å². The first-order chi connectivity index (χ1) is 12.2. The smallest absolute Gasteiger partial charge is 0.481 e. The third-order valence-corrected chi connectivity index (χ3v) is 5.18.